The van der Waals surface area contributed by atoms with Crippen LogP contribution >= 0.6 is 11.6 Å². The number of hydrogen-bond donors (Lipinski definition) is 0. The van der Waals surface area contributed by atoms with Gasteiger partial charge in [-0.1, -0.05) is 11.6 Å². The third-order valence-corrected chi connectivity index (χ3v) is 5.65. The fraction of sp³-hybridized carbons (Fsp3) is 0.611. The van der Waals surface area contributed by atoms with Crippen molar-refractivity contribution >= 4 is 23.4 Å². The molecule has 3 heterocycles. The number of carbonyl (C=O) groups excluding carboxylic acids is 1. The van der Waals surface area contributed by atoms with E-state index in [2.05, 4.69) is 16.9 Å². The number of amidine groups is 1. The molecule has 134 valence electrons. The number of piperidine rings is 1. The Morgan fingerprint density at radius 1 is 1.36 bits per heavy atom. The van der Waals surface area contributed by atoms with Crippen LogP contribution in [0, 0.1) is 11.8 Å². The zero-order valence-electron chi connectivity index (χ0n) is 14.7. The van der Waals surface area contributed by atoms with Gasteiger partial charge in [-0.05, 0) is 44.1 Å². The predicted octanol–water partition coefficient (Wildman–Crippen LogP) is 3.13. The van der Waals surface area contributed by atoms with Crippen molar-refractivity contribution < 1.29 is 9.53 Å². The highest BCUT2D eigenvalue weighted by Gasteiger charge is 2.46. The quantitative estimate of drug-likeness (QED) is 0.772. The molecule has 1 saturated heterocycles. The number of nitrogens with zero attached hydrogens (tertiary/aromatic N) is 4. The topological polar surface area (TPSA) is 59.7 Å². The number of aromatic nitrogens is 2. The van der Waals surface area contributed by atoms with E-state index in [1.54, 1.807) is 17.8 Å². The fourth-order valence-corrected chi connectivity index (χ4v) is 4.05. The third-order valence-electron chi connectivity index (χ3n) is 5.37. The summed E-state index contributed by atoms with van der Waals surface area (Å²) in [7, 11) is 0. The molecule has 0 radical (unpaired) electrons. The molecule has 2 unspecified atom stereocenters. The Bertz CT molecular complexity index is 757. The molecule has 25 heavy (non-hydrogen) atoms. The zero-order valence-corrected chi connectivity index (χ0v) is 15.4. The zero-order chi connectivity index (χ0) is 17.6. The summed E-state index contributed by atoms with van der Waals surface area (Å²) in [6, 6.07) is 0. The van der Waals surface area contributed by atoms with Crippen LogP contribution in [0.2, 0.25) is 5.15 Å². The van der Waals surface area contributed by atoms with Crippen LogP contribution in [0.1, 0.15) is 43.5 Å². The number of fused-ring (bicyclic) bond motifs is 1. The number of allylic oxidation sites excluding steroid dienone is 2. The smallest absolute Gasteiger partial charge is 0.342 e. The van der Waals surface area contributed by atoms with E-state index in [1.165, 1.54) is 30.9 Å². The third kappa shape index (κ3) is 3.32. The lowest BCUT2D eigenvalue weighted by molar-refractivity contribution is 0.0526. The highest BCUT2D eigenvalue weighted by atomic mass is 35.5. The number of rotatable bonds is 4. The fourth-order valence-electron chi connectivity index (χ4n) is 3.82. The first-order valence-corrected chi connectivity index (χ1v) is 9.34. The van der Waals surface area contributed by atoms with E-state index in [0.717, 1.165) is 30.4 Å². The van der Waals surface area contributed by atoms with Gasteiger partial charge in [0.15, 0.2) is 5.15 Å². The molecule has 0 amide bonds. The second kappa shape index (κ2) is 6.48. The summed E-state index contributed by atoms with van der Waals surface area (Å²) in [4.78, 5) is 19.2. The molecule has 3 aliphatic rings. The number of carbonyl (C=O) groups is 1. The minimum atomic E-state index is -0.430. The number of hydrogen-bond acceptors (Lipinski definition) is 5. The van der Waals surface area contributed by atoms with Gasteiger partial charge in [-0.25, -0.2) is 9.79 Å². The Hall–Kier alpha value is -1.82. The largest absolute Gasteiger partial charge is 0.462 e. The molecule has 0 aromatic carbocycles. The van der Waals surface area contributed by atoms with Crippen molar-refractivity contribution in [2.75, 3.05) is 19.7 Å². The van der Waals surface area contributed by atoms with Crippen LogP contribution in [0.5, 0.6) is 0 Å². The molecule has 1 aromatic heterocycles. The van der Waals surface area contributed by atoms with Gasteiger partial charge in [-0.2, -0.15) is 5.10 Å². The van der Waals surface area contributed by atoms with Crippen LogP contribution in [-0.2, 0) is 11.3 Å². The molecular weight excluding hydrogens is 340 g/mol. The first-order chi connectivity index (χ1) is 12.0. The van der Waals surface area contributed by atoms with Crippen LogP contribution in [0.3, 0.4) is 0 Å². The summed E-state index contributed by atoms with van der Waals surface area (Å²) in [5.74, 6) is 2.64. The van der Waals surface area contributed by atoms with Crippen molar-refractivity contribution in [3.05, 3.63) is 28.2 Å². The SMILES string of the molecule is CCOC(=O)c1cn(CC2=C(C)N=C(N3CC4CC4C3)CC2)nc1Cl. The highest BCUT2D eigenvalue weighted by Crippen LogP contribution is 2.45. The van der Waals surface area contributed by atoms with E-state index in [4.69, 9.17) is 21.3 Å². The maximum absolute atomic E-state index is 11.9. The molecule has 2 aliphatic heterocycles. The lowest BCUT2D eigenvalue weighted by Crippen LogP contribution is -2.32. The lowest BCUT2D eigenvalue weighted by atomic mass is 10.0. The van der Waals surface area contributed by atoms with E-state index in [1.807, 2.05) is 0 Å². The van der Waals surface area contributed by atoms with Gasteiger partial charge in [0.1, 0.15) is 11.4 Å². The van der Waals surface area contributed by atoms with E-state index in [0.29, 0.717) is 18.7 Å². The number of esters is 1. The van der Waals surface area contributed by atoms with Crippen LogP contribution in [0.15, 0.2) is 22.5 Å². The molecule has 0 N–H and O–H groups in total. The maximum atomic E-state index is 11.9. The van der Waals surface area contributed by atoms with E-state index < -0.39 is 5.97 Å². The molecule has 2 atom stereocenters. The molecule has 4 rings (SSSR count). The van der Waals surface area contributed by atoms with Gasteiger partial charge >= 0.3 is 5.97 Å². The van der Waals surface area contributed by atoms with Crippen LogP contribution in [0.4, 0.5) is 0 Å². The van der Waals surface area contributed by atoms with Gasteiger partial charge in [0.25, 0.3) is 0 Å². The average Bonchev–Trinajstić information content (AvgIpc) is 3.00. The molecule has 1 aromatic rings. The molecule has 7 heteroatoms. The van der Waals surface area contributed by atoms with E-state index >= 15 is 0 Å². The first kappa shape index (κ1) is 16.6. The van der Waals surface area contributed by atoms with Crippen LogP contribution < -0.4 is 0 Å². The Kier molecular flexibility index (Phi) is 4.31. The van der Waals surface area contributed by atoms with Crippen molar-refractivity contribution in [2.24, 2.45) is 16.8 Å². The summed E-state index contributed by atoms with van der Waals surface area (Å²) >= 11 is 6.07. The Morgan fingerprint density at radius 3 is 2.80 bits per heavy atom. The van der Waals surface area contributed by atoms with Crippen molar-refractivity contribution in [1.29, 1.82) is 0 Å². The van der Waals surface area contributed by atoms with Gasteiger partial charge in [0.05, 0.1) is 13.2 Å². The summed E-state index contributed by atoms with van der Waals surface area (Å²) in [5, 5.41) is 4.43. The Morgan fingerprint density at radius 2 is 2.12 bits per heavy atom. The Labute approximate surface area is 152 Å². The molecule has 1 saturated carbocycles. The van der Waals surface area contributed by atoms with Crippen molar-refractivity contribution in [3.63, 3.8) is 0 Å². The summed E-state index contributed by atoms with van der Waals surface area (Å²) in [6.45, 7) is 7.12. The minimum Gasteiger partial charge on any atom is -0.462 e. The summed E-state index contributed by atoms with van der Waals surface area (Å²) in [5.41, 5.74) is 2.62. The standard InChI is InChI=1S/C18H23ClN4O2/c1-3-25-18(24)15-10-23(21-17(15)19)9-12-4-5-16(20-11(12)2)22-7-13-6-14(13)8-22/h10,13-14H,3-9H2,1-2H3. The van der Waals surface area contributed by atoms with Gasteiger partial charge in [0, 0.05) is 31.4 Å². The number of halogens is 1. The lowest BCUT2D eigenvalue weighted by Gasteiger charge is -2.26. The molecule has 0 spiro atoms. The van der Waals surface area contributed by atoms with E-state index in [-0.39, 0.29) is 5.15 Å². The minimum absolute atomic E-state index is 0.188. The second-order valence-corrected chi connectivity index (χ2v) is 7.49. The van der Waals surface area contributed by atoms with Crippen molar-refractivity contribution in [2.45, 2.75) is 39.7 Å². The number of ether oxygens (including phenoxy) is 1. The number of likely N-dealkylation sites (tertiary alicyclic amines) is 1. The summed E-state index contributed by atoms with van der Waals surface area (Å²) < 4.78 is 6.71. The van der Waals surface area contributed by atoms with Gasteiger partial charge in [-0.3, -0.25) is 4.68 Å². The first-order valence-electron chi connectivity index (χ1n) is 8.96. The monoisotopic (exact) mass is 362 g/mol. The van der Waals surface area contributed by atoms with E-state index in [9.17, 15) is 4.79 Å². The highest BCUT2D eigenvalue weighted by molar-refractivity contribution is 6.32. The van der Waals surface area contributed by atoms with Crippen molar-refractivity contribution in [3.8, 4) is 0 Å². The molecule has 1 aliphatic carbocycles. The van der Waals surface area contributed by atoms with Crippen LogP contribution in [-0.4, -0.2) is 46.2 Å². The van der Waals surface area contributed by atoms with Crippen LogP contribution in [0.25, 0.3) is 0 Å². The predicted molar refractivity (Wildman–Crippen MR) is 95.7 cm³/mol. The molecule has 6 nitrogen and oxygen atoms in total. The number of aliphatic imine (C=N–C) groups is 1. The summed E-state index contributed by atoms with van der Waals surface area (Å²) in [6.07, 6.45) is 5.02. The molecular formula is C18H23ClN4O2. The van der Waals surface area contributed by atoms with Gasteiger partial charge in [0.2, 0.25) is 0 Å². The molecule has 0 bridgehead atoms. The average molecular weight is 363 g/mol. The molecule has 2 fully saturated rings. The van der Waals surface area contributed by atoms with Gasteiger partial charge < -0.3 is 9.64 Å². The second-order valence-electron chi connectivity index (χ2n) is 7.13. The van der Waals surface area contributed by atoms with Gasteiger partial charge in [-0.15, -0.1) is 0 Å². The maximum Gasteiger partial charge on any atom is 0.342 e. The Balaban J connectivity index is 1.46. The normalized spacial score (nSPS) is 25.1. The van der Waals surface area contributed by atoms with Crippen molar-refractivity contribution in [1.82, 2.24) is 14.7 Å².